The molecule has 5 aliphatic rings. The minimum absolute atomic E-state index is 0.0874. The van der Waals surface area contributed by atoms with E-state index in [0.717, 1.165) is 19.3 Å². The molecule has 0 aromatic heterocycles. The Kier molecular flexibility index (Phi) is 5.09. The number of nitrogens with one attached hydrogen (secondary N) is 1. The topological polar surface area (TPSA) is 77.1 Å². The normalized spacial score (nSPS) is 34.7. The van der Waals surface area contributed by atoms with E-state index >= 15 is 0 Å². The van der Waals surface area contributed by atoms with Crippen molar-refractivity contribution in [3.63, 3.8) is 0 Å². The number of carbonyl (C=O) groups is 2. The first-order valence-corrected chi connectivity index (χ1v) is 11.7. The Balaban J connectivity index is 1.36. The first kappa shape index (κ1) is 21.8. The zero-order valence-corrected chi connectivity index (χ0v) is 19.6. The predicted octanol–water partition coefficient (Wildman–Crippen LogP) is 3.53. The summed E-state index contributed by atoms with van der Waals surface area (Å²) in [6, 6.07) is 5.14. The molecule has 0 spiro atoms. The number of hydrogen-bond donors (Lipinski definition) is 1. The van der Waals surface area contributed by atoms with Crippen LogP contribution in [-0.4, -0.2) is 55.1 Å². The van der Waals surface area contributed by atoms with E-state index in [0.29, 0.717) is 35.4 Å². The molecule has 6 rings (SSSR count). The molecule has 2 saturated heterocycles. The van der Waals surface area contributed by atoms with Crippen molar-refractivity contribution in [3.05, 3.63) is 23.8 Å². The van der Waals surface area contributed by atoms with Crippen molar-refractivity contribution in [1.29, 1.82) is 0 Å². The molecule has 0 radical (unpaired) electrons. The Hall–Kier alpha value is -2.06. The monoisotopic (exact) mass is 440 g/mol. The molecule has 5 atom stereocenters. The highest BCUT2D eigenvalue weighted by atomic mass is 16.7. The largest absolute Gasteiger partial charge is 0.496 e. The summed E-state index contributed by atoms with van der Waals surface area (Å²) < 4.78 is 18.6. The van der Waals surface area contributed by atoms with Crippen molar-refractivity contribution in [3.8, 4) is 5.75 Å². The lowest BCUT2D eigenvalue weighted by Gasteiger charge is -2.64. The molecule has 5 fully saturated rings. The number of methoxy groups -OCH3 is 1. The summed E-state index contributed by atoms with van der Waals surface area (Å²) in [4.78, 5) is 26.8. The molecule has 2 amide bonds. The summed E-state index contributed by atoms with van der Waals surface area (Å²) in [5.74, 6) is 1.28. The molecule has 1 unspecified atom stereocenters. The van der Waals surface area contributed by atoms with Crippen LogP contribution in [0, 0.1) is 17.3 Å². The fraction of sp³-hybridized carbons (Fsp3) is 0.667. The van der Waals surface area contributed by atoms with E-state index in [2.05, 4.69) is 26.1 Å². The van der Waals surface area contributed by atoms with Crippen molar-refractivity contribution in [2.45, 2.75) is 71.0 Å². The lowest BCUT2D eigenvalue weighted by atomic mass is 9.43. The predicted molar refractivity (Wildman–Crippen MR) is 121 cm³/mol. The second-order valence-corrected chi connectivity index (χ2v) is 10.6. The summed E-state index contributed by atoms with van der Waals surface area (Å²) in [5.41, 5.74) is 1.10. The van der Waals surface area contributed by atoms with Gasteiger partial charge in [0.1, 0.15) is 5.75 Å². The number of benzene rings is 1. The van der Waals surface area contributed by atoms with Crippen LogP contribution in [0.2, 0.25) is 0 Å². The van der Waals surface area contributed by atoms with E-state index in [9.17, 15) is 9.59 Å². The Morgan fingerprint density at radius 2 is 2.03 bits per heavy atom. The van der Waals surface area contributed by atoms with Crippen LogP contribution in [-0.2, 0) is 14.1 Å². The maximum atomic E-state index is 13.5. The Labute approximate surface area is 190 Å². The highest BCUT2D eigenvalue weighted by Crippen LogP contribution is 2.66. The maximum Gasteiger partial charge on any atom is 0.481 e. The summed E-state index contributed by atoms with van der Waals surface area (Å²) in [6.45, 7) is 9.04. The van der Waals surface area contributed by atoms with Gasteiger partial charge in [0, 0.05) is 25.2 Å². The Morgan fingerprint density at radius 3 is 2.72 bits per heavy atom. The van der Waals surface area contributed by atoms with Gasteiger partial charge in [-0.15, -0.1) is 0 Å². The van der Waals surface area contributed by atoms with Gasteiger partial charge in [-0.2, -0.15) is 0 Å². The van der Waals surface area contributed by atoms with E-state index in [1.807, 2.05) is 4.90 Å². The first-order chi connectivity index (χ1) is 15.1. The third-order valence-corrected chi connectivity index (χ3v) is 8.60. The average molecular weight is 440 g/mol. The van der Waals surface area contributed by atoms with Crippen molar-refractivity contribution < 1.29 is 23.6 Å². The fourth-order valence-electron chi connectivity index (χ4n) is 6.69. The molecule has 2 heterocycles. The van der Waals surface area contributed by atoms with Crippen LogP contribution in [0.15, 0.2) is 18.2 Å². The van der Waals surface area contributed by atoms with Gasteiger partial charge in [-0.05, 0) is 62.0 Å². The molecular formula is C24H33BN2O5. The van der Waals surface area contributed by atoms with Gasteiger partial charge < -0.3 is 24.3 Å². The van der Waals surface area contributed by atoms with Crippen LogP contribution in [0.4, 0.5) is 5.69 Å². The van der Waals surface area contributed by atoms with E-state index in [1.165, 1.54) is 20.5 Å². The van der Waals surface area contributed by atoms with Crippen molar-refractivity contribution >= 4 is 24.6 Å². The highest BCUT2D eigenvalue weighted by Gasteiger charge is 2.69. The summed E-state index contributed by atoms with van der Waals surface area (Å²) in [7, 11) is 1.14. The van der Waals surface area contributed by atoms with Crippen LogP contribution in [0.1, 0.15) is 63.7 Å². The number of likely N-dealkylation sites (tertiary alicyclic amines) is 1. The molecule has 1 aromatic rings. The minimum Gasteiger partial charge on any atom is -0.496 e. The highest BCUT2D eigenvalue weighted by molar-refractivity contribution is 6.48. The zero-order valence-electron chi connectivity index (χ0n) is 19.6. The second kappa shape index (κ2) is 7.49. The van der Waals surface area contributed by atoms with Gasteiger partial charge in [0.2, 0.25) is 5.91 Å². The van der Waals surface area contributed by atoms with Crippen LogP contribution >= 0.6 is 0 Å². The van der Waals surface area contributed by atoms with E-state index < -0.39 is 7.12 Å². The lowest BCUT2D eigenvalue weighted by Crippen LogP contribution is -2.65. The van der Waals surface area contributed by atoms with E-state index in [1.54, 1.807) is 18.2 Å². The van der Waals surface area contributed by atoms with E-state index in [4.69, 9.17) is 14.0 Å². The Morgan fingerprint density at radius 1 is 1.25 bits per heavy atom. The molecule has 2 aliphatic heterocycles. The number of anilines is 1. The smallest absolute Gasteiger partial charge is 0.481 e. The molecule has 172 valence electrons. The van der Waals surface area contributed by atoms with Gasteiger partial charge in [0.15, 0.2) is 0 Å². The van der Waals surface area contributed by atoms with Gasteiger partial charge in [0.25, 0.3) is 5.91 Å². The zero-order chi connectivity index (χ0) is 22.8. The van der Waals surface area contributed by atoms with Crippen LogP contribution < -0.4 is 10.1 Å². The van der Waals surface area contributed by atoms with Crippen molar-refractivity contribution in [1.82, 2.24) is 4.90 Å². The number of rotatable bonds is 4. The Bertz CT molecular complexity index is 952. The number of amides is 2. The molecule has 1 aromatic carbocycles. The third kappa shape index (κ3) is 3.17. The SMILES string of the molecule is COc1cc(NC(C)=O)ccc1C(=O)N1CCCC1B1O[C@@H]2C[C@@H]3C[C@@H](C3(C)C)[C@]2(C)O1. The second-order valence-electron chi connectivity index (χ2n) is 10.6. The van der Waals surface area contributed by atoms with Crippen LogP contribution in [0.5, 0.6) is 5.75 Å². The van der Waals surface area contributed by atoms with Crippen LogP contribution in [0.3, 0.4) is 0 Å². The quantitative estimate of drug-likeness (QED) is 0.725. The fourth-order valence-corrected chi connectivity index (χ4v) is 6.69. The third-order valence-electron chi connectivity index (χ3n) is 8.60. The molecule has 7 nitrogen and oxygen atoms in total. The van der Waals surface area contributed by atoms with Gasteiger partial charge in [-0.3, -0.25) is 9.59 Å². The molecule has 3 aliphatic carbocycles. The molecule has 32 heavy (non-hydrogen) atoms. The van der Waals surface area contributed by atoms with Crippen molar-refractivity contribution in [2.75, 3.05) is 19.0 Å². The summed E-state index contributed by atoms with van der Waals surface area (Å²) in [5, 5.41) is 2.73. The van der Waals surface area contributed by atoms with Crippen molar-refractivity contribution in [2.24, 2.45) is 17.3 Å². The van der Waals surface area contributed by atoms with Gasteiger partial charge in [0.05, 0.1) is 30.3 Å². The average Bonchev–Trinajstić information content (AvgIpc) is 3.36. The number of hydrogen-bond acceptors (Lipinski definition) is 5. The lowest BCUT2D eigenvalue weighted by molar-refractivity contribution is -0.199. The van der Waals surface area contributed by atoms with Gasteiger partial charge >= 0.3 is 7.12 Å². The standard InChI is InChI=1S/C24H33BN2O5/c1-14(28)26-16-8-9-17(18(13-16)30-5)22(29)27-10-6-7-21(27)25-31-20-12-15-11-19(23(15,2)3)24(20,4)32-25/h8-9,13,15,19-21H,6-7,10-12H2,1-5H3,(H,26,28)/t15-,19-,20+,21?,24-/m0/s1. The molecule has 2 bridgehead atoms. The summed E-state index contributed by atoms with van der Waals surface area (Å²) in [6.07, 6.45) is 4.14. The first-order valence-electron chi connectivity index (χ1n) is 11.7. The van der Waals surface area contributed by atoms with E-state index in [-0.39, 0.29) is 34.9 Å². The summed E-state index contributed by atoms with van der Waals surface area (Å²) >= 11 is 0. The molecular weight excluding hydrogens is 407 g/mol. The molecule has 8 heteroatoms. The minimum atomic E-state index is -0.392. The number of ether oxygens (including phenoxy) is 1. The van der Waals surface area contributed by atoms with Gasteiger partial charge in [-0.25, -0.2) is 0 Å². The maximum absolute atomic E-state index is 13.5. The van der Waals surface area contributed by atoms with Gasteiger partial charge in [-0.1, -0.05) is 13.8 Å². The molecule has 3 saturated carbocycles. The van der Waals surface area contributed by atoms with Crippen LogP contribution in [0.25, 0.3) is 0 Å². The molecule has 1 N–H and O–H groups in total. The number of nitrogens with zero attached hydrogens (tertiary/aromatic N) is 1. The number of carbonyl (C=O) groups excluding carboxylic acids is 2.